The van der Waals surface area contributed by atoms with Crippen LogP contribution in [0.15, 0.2) is 10.6 Å². The van der Waals surface area contributed by atoms with Crippen molar-refractivity contribution in [1.29, 1.82) is 0 Å². The fourth-order valence-corrected chi connectivity index (χ4v) is 2.96. The zero-order valence-corrected chi connectivity index (χ0v) is 9.43. The smallest absolute Gasteiger partial charge is 0.133 e. The molecule has 0 amide bonds. The summed E-state index contributed by atoms with van der Waals surface area (Å²) in [4.78, 5) is 0. The summed E-state index contributed by atoms with van der Waals surface area (Å²) < 4.78 is 5.01. The van der Waals surface area contributed by atoms with Gasteiger partial charge in [0.2, 0.25) is 0 Å². The number of rotatable bonds is 3. The standard InChI is InChI=1S/C10H16N2OS/c1-7-5-9(12-13-7)6-11-10-3-4-14-8(10)2/h5,8,10-11H,3-4,6H2,1-2H3. The molecule has 1 fully saturated rings. The Morgan fingerprint density at radius 1 is 1.71 bits per heavy atom. The van der Waals surface area contributed by atoms with E-state index in [0.717, 1.165) is 23.2 Å². The largest absolute Gasteiger partial charge is 0.361 e. The van der Waals surface area contributed by atoms with Gasteiger partial charge in [0.1, 0.15) is 5.76 Å². The maximum absolute atomic E-state index is 5.01. The third kappa shape index (κ3) is 2.30. The molecule has 2 rings (SSSR count). The molecule has 1 saturated heterocycles. The first-order chi connectivity index (χ1) is 6.75. The normalized spacial score (nSPS) is 27.0. The topological polar surface area (TPSA) is 38.1 Å². The van der Waals surface area contributed by atoms with Crippen molar-refractivity contribution < 1.29 is 4.52 Å². The molecule has 1 aliphatic heterocycles. The number of hydrogen-bond acceptors (Lipinski definition) is 4. The quantitative estimate of drug-likeness (QED) is 0.831. The molecule has 0 bridgehead atoms. The van der Waals surface area contributed by atoms with E-state index < -0.39 is 0 Å². The third-order valence-electron chi connectivity index (χ3n) is 2.60. The van der Waals surface area contributed by atoms with Crippen LogP contribution in [0.5, 0.6) is 0 Å². The Labute approximate surface area is 88.6 Å². The molecule has 2 heterocycles. The Bertz CT molecular complexity index is 300. The van der Waals surface area contributed by atoms with Gasteiger partial charge in [0, 0.05) is 23.9 Å². The highest BCUT2D eigenvalue weighted by Gasteiger charge is 2.23. The Balaban J connectivity index is 1.82. The molecular weight excluding hydrogens is 196 g/mol. The van der Waals surface area contributed by atoms with Crippen molar-refractivity contribution in [1.82, 2.24) is 10.5 Å². The molecule has 2 atom stereocenters. The molecule has 78 valence electrons. The first-order valence-electron chi connectivity index (χ1n) is 5.03. The molecule has 2 unspecified atom stereocenters. The molecule has 4 heteroatoms. The first-order valence-corrected chi connectivity index (χ1v) is 6.08. The Morgan fingerprint density at radius 3 is 3.14 bits per heavy atom. The molecule has 0 aromatic carbocycles. The Hall–Kier alpha value is -0.480. The number of hydrogen-bond donors (Lipinski definition) is 1. The van der Waals surface area contributed by atoms with E-state index in [9.17, 15) is 0 Å². The van der Waals surface area contributed by atoms with Gasteiger partial charge in [-0.05, 0) is 19.1 Å². The van der Waals surface area contributed by atoms with Crippen LogP contribution >= 0.6 is 11.8 Å². The lowest BCUT2D eigenvalue weighted by atomic mass is 10.1. The molecule has 1 aromatic rings. The molecular formula is C10H16N2OS. The van der Waals surface area contributed by atoms with Crippen molar-refractivity contribution in [2.24, 2.45) is 0 Å². The second-order valence-corrected chi connectivity index (χ2v) is 5.27. The van der Waals surface area contributed by atoms with Crippen LogP contribution in [0.3, 0.4) is 0 Å². The van der Waals surface area contributed by atoms with Crippen molar-refractivity contribution in [2.75, 3.05) is 5.75 Å². The first kappa shape index (κ1) is 10.1. The molecule has 14 heavy (non-hydrogen) atoms. The van der Waals surface area contributed by atoms with E-state index in [0.29, 0.717) is 6.04 Å². The van der Waals surface area contributed by atoms with Crippen molar-refractivity contribution in [3.8, 4) is 0 Å². The van der Waals surface area contributed by atoms with Gasteiger partial charge in [-0.1, -0.05) is 12.1 Å². The van der Waals surface area contributed by atoms with E-state index in [2.05, 4.69) is 17.4 Å². The minimum absolute atomic E-state index is 0.636. The van der Waals surface area contributed by atoms with Crippen LogP contribution in [-0.2, 0) is 6.54 Å². The van der Waals surface area contributed by atoms with E-state index in [4.69, 9.17) is 4.52 Å². The summed E-state index contributed by atoms with van der Waals surface area (Å²) in [7, 11) is 0. The summed E-state index contributed by atoms with van der Waals surface area (Å²) in [5, 5.41) is 8.20. The molecule has 0 spiro atoms. The minimum atomic E-state index is 0.636. The fraction of sp³-hybridized carbons (Fsp3) is 0.700. The molecule has 1 aromatic heterocycles. The Morgan fingerprint density at radius 2 is 2.57 bits per heavy atom. The maximum atomic E-state index is 5.01. The highest BCUT2D eigenvalue weighted by Crippen LogP contribution is 2.26. The van der Waals surface area contributed by atoms with Gasteiger partial charge in [0.25, 0.3) is 0 Å². The number of nitrogens with zero attached hydrogens (tertiary/aromatic N) is 1. The Kier molecular flexibility index (Phi) is 3.13. The summed E-state index contributed by atoms with van der Waals surface area (Å²) in [6.45, 7) is 5.03. The molecule has 1 aliphatic rings. The lowest BCUT2D eigenvalue weighted by molar-refractivity contribution is 0.385. The van der Waals surface area contributed by atoms with E-state index in [-0.39, 0.29) is 0 Å². The van der Waals surface area contributed by atoms with Crippen molar-refractivity contribution in [2.45, 2.75) is 38.1 Å². The molecule has 3 nitrogen and oxygen atoms in total. The number of thioether (sulfide) groups is 1. The van der Waals surface area contributed by atoms with Crippen LogP contribution in [0.4, 0.5) is 0 Å². The van der Waals surface area contributed by atoms with Gasteiger partial charge in [-0.25, -0.2) is 0 Å². The summed E-state index contributed by atoms with van der Waals surface area (Å²) in [5.74, 6) is 2.16. The van der Waals surface area contributed by atoms with Gasteiger partial charge < -0.3 is 9.84 Å². The van der Waals surface area contributed by atoms with Crippen molar-refractivity contribution in [3.63, 3.8) is 0 Å². The van der Waals surface area contributed by atoms with Crippen molar-refractivity contribution in [3.05, 3.63) is 17.5 Å². The van der Waals surface area contributed by atoms with Crippen LogP contribution < -0.4 is 5.32 Å². The SMILES string of the molecule is Cc1cc(CNC2CCSC2C)no1. The second kappa shape index (κ2) is 4.36. The lowest BCUT2D eigenvalue weighted by Crippen LogP contribution is -2.32. The van der Waals surface area contributed by atoms with Gasteiger partial charge in [-0.2, -0.15) is 11.8 Å². The molecule has 0 saturated carbocycles. The number of nitrogens with one attached hydrogen (secondary N) is 1. The fourth-order valence-electron chi connectivity index (χ4n) is 1.74. The van der Waals surface area contributed by atoms with Crippen LogP contribution in [-0.4, -0.2) is 22.2 Å². The molecule has 1 N–H and O–H groups in total. The van der Waals surface area contributed by atoms with E-state index >= 15 is 0 Å². The summed E-state index contributed by atoms with van der Waals surface area (Å²) in [6, 6.07) is 2.62. The maximum Gasteiger partial charge on any atom is 0.133 e. The monoisotopic (exact) mass is 212 g/mol. The lowest BCUT2D eigenvalue weighted by Gasteiger charge is -2.14. The zero-order valence-electron chi connectivity index (χ0n) is 8.62. The molecule has 0 aliphatic carbocycles. The molecule has 0 radical (unpaired) electrons. The summed E-state index contributed by atoms with van der Waals surface area (Å²) in [5.41, 5.74) is 1.01. The summed E-state index contributed by atoms with van der Waals surface area (Å²) in [6.07, 6.45) is 1.27. The van der Waals surface area contributed by atoms with Gasteiger partial charge >= 0.3 is 0 Å². The summed E-state index contributed by atoms with van der Waals surface area (Å²) >= 11 is 2.04. The predicted molar refractivity (Wildman–Crippen MR) is 58.4 cm³/mol. The van der Waals surface area contributed by atoms with E-state index in [1.807, 2.05) is 24.8 Å². The van der Waals surface area contributed by atoms with Gasteiger partial charge in [0.15, 0.2) is 0 Å². The average molecular weight is 212 g/mol. The van der Waals surface area contributed by atoms with Gasteiger partial charge in [-0.3, -0.25) is 0 Å². The number of aromatic nitrogens is 1. The highest BCUT2D eigenvalue weighted by atomic mass is 32.2. The van der Waals surface area contributed by atoms with Crippen LogP contribution in [0.25, 0.3) is 0 Å². The average Bonchev–Trinajstić information content (AvgIpc) is 2.72. The van der Waals surface area contributed by atoms with Crippen LogP contribution in [0.1, 0.15) is 24.8 Å². The van der Waals surface area contributed by atoms with Crippen molar-refractivity contribution >= 4 is 11.8 Å². The van der Waals surface area contributed by atoms with Gasteiger partial charge in [0.05, 0.1) is 5.69 Å². The van der Waals surface area contributed by atoms with Crippen LogP contribution in [0.2, 0.25) is 0 Å². The zero-order chi connectivity index (χ0) is 9.97. The number of aryl methyl sites for hydroxylation is 1. The van der Waals surface area contributed by atoms with E-state index in [1.165, 1.54) is 12.2 Å². The second-order valence-electron chi connectivity index (χ2n) is 3.78. The van der Waals surface area contributed by atoms with E-state index in [1.54, 1.807) is 0 Å². The highest BCUT2D eigenvalue weighted by molar-refractivity contribution is 8.00. The van der Waals surface area contributed by atoms with Gasteiger partial charge in [-0.15, -0.1) is 0 Å². The third-order valence-corrected chi connectivity index (χ3v) is 3.92. The predicted octanol–water partition coefficient (Wildman–Crippen LogP) is 1.97. The van der Waals surface area contributed by atoms with Crippen LogP contribution in [0, 0.1) is 6.92 Å². The minimum Gasteiger partial charge on any atom is -0.361 e.